The van der Waals surface area contributed by atoms with Crippen molar-refractivity contribution in [2.75, 3.05) is 9.80 Å². The van der Waals surface area contributed by atoms with Gasteiger partial charge in [0.25, 0.3) is 0 Å². The predicted molar refractivity (Wildman–Crippen MR) is 252 cm³/mol. The number of thiophene rings is 1. The Balaban J connectivity index is 0.917. The first-order chi connectivity index (χ1) is 29.5. The Kier molecular flexibility index (Phi) is 7.67. The Bertz CT molecular complexity index is 2990. The minimum Gasteiger partial charge on any atom is -0.485 e. The van der Waals surface area contributed by atoms with E-state index in [4.69, 9.17) is 4.74 Å². The number of hydrogen-bond acceptors (Lipinski definition) is 5. The Morgan fingerprint density at radius 2 is 1.53 bits per heavy atom. The van der Waals surface area contributed by atoms with E-state index in [0.29, 0.717) is 11.2 Å². The van der Waals surface area contributed by atoms with Gasteiger partial charge < -0.3 is 14.5 Å². The van der Waals surface area contributed by atoms with Gasteiger partial charge in [-0.15, -0.1) is 23.1 Å². The molecule has 292 valence electrons. The summed E-state index contributed by atoms with van der Waals surface area (Å²) in [5, 5.41) is 1.73. The van der Waals surface area contributed by atoms with E-state index in [0.717, 1.165) is 22.8 Å². The van der Waals surface area contributed by atoms with Gasteiger partial charge in [0.2, 0.25) is 0 Å². The maximum absolute atomic E-state index is 6.59. The fraction of sp³-hybridized carbons (Fsp3) is 0.200. The van der Waals surface area contributed by atoms with Crippen LogP contribution in [0.3, 0.4) is 0 Å². The van der Waals surface area contributed by atoms with Crippen molar-refractivity contribution in [3.05, 3.63) is 191 Å². The fourth-order valence-electron chi connectivity index (χ4n) is 11.5. The van der Waals surface area contributed by atoms with E-state index in [2.05, 4.69) is 187 Å². The van der Waals surface area contributed by atoms with Crippen LogP contribution in [0, 0.1) is 5.92 Å². The number of ether oxygens (including phenoxy) is 1. The molecule has 1 aromatic heterocycles. The highest BCUT2D eigenvalue weighted by Gasteiger charge is 2.48. The summed E-state index contributed by atoms with van der Waals surface area (Å²) in [6.07, 6.45) is 15.0. The maximum Gasteiger partial charge on any atom is 0.128 e. The van der Waals surface area contributed by atoms with Crippen LogP contribution in [0.2, 0.25) is 0 Å². The number of fused-ring (bicyclic) bond motifs is 13. The number of benzene rings is 6. The number of rotatable bonds is 5. The lowest BCUT2D eigenvalue weighted by Crippen LogP contribution is -2.24. The first kappa shape index (κ1) is 35.0. The van der Waals surface area contributed by atoms with E-state index in [1.165, 1.54) is 83.9 Å². The van der Waals surface area contributed by atoms with Crippen molar-refractivity contribution in [1.82, 2.24) is 0 Å². The average Bonchev–Trinajstić information content (AvgIpc) is 4.08. The molecule has 0 amide bonds. The van der Waals surface area contributed by atoms with Gasteiger partial charge in [-0.1, -0.05) is 111 Å². The number of hydrogen-bond donors (Lipinski definition) is 0. The summed E-state index contributed by atoms with van der Waals surface area (Å²) >= 11 is 4.00. The molecule has 13 rings (SSSR count). The van der Waals surface area contributed by atoms with Crippen LogP contribution in [0.1, 0.15) is 77.5 Å². The van der Waals surface area contributed by atoms with Crippen molar-refractivity contribution >= 4 is 67.2 Å². The third-order valence-electron chi connectivity index (χ3n) is 14.3. The predicted octanol–water partition coefficient (Wildman–Crippen LogP) is 15.5. The SMILES string of the molecule is CC1(C)c2cccc(-c3ccc(N(c4ccc(N5c6c(sc7ccccc67)C6Sc7ccccc7C65)cc4)c4ccc5c(c4)OC4C=CC=CC54)cc3)c2C2=CCCCC21. The lowest BCUT2D eigenvalue weighted by molar-refractivity contribution is 0.269. The molecule has 0 saturated carbocycles. The van der Waals surface area contributed by atoms with Crippen molar-refractivity contribution in [1.29, 1.82) is 0 Å². The zero-order valence-corrected chi connectivity index (χ0v) is 35.3. The minimum atomic E-state index is 0.0463. The van der Waals surface area contributed by atoms with Crippen LogP contribution in [0.5, 0.6) is 5.75 Å². The quantitative estimate of drug-likeness (QED) is 0.172. The summed E-state index contributed by atoms with van der Waals surface area (Å²) < 4.78 is 7.95. The summed E-state index contributed by atoms with van der Waals surface area (Å²) in [6.45, 7) is 4.91. The van der Waals surface area contributed by atoms with Crippen molar-refractivity contribution in [3.63, 3.8) is 0 Å². The van der Waals surface area contributed by atoms with E-state index in [1.54, 1.807) is 5.57 Å². The number of nitrogens with zero attached hydrogens (tertiary/aromatic N) is 2. The standard InChI is InChI=1S/C55H44N2OS2/c1-55(2)44-17-7-3-13-41(44)50-38(16-11-18-45(50)55)33-22-24-34(25-23-33)56(37-30-31-40-39-12-4-8-19-46(39)58-47(40)32-37)35-26-28-36(29-27-35)57-51-42-14-5-9-20-48(42)59-53(51)54-52(57)43-15-6-10-21-49(43)60-54/h4-6,8-16,18-32,39,44,46,51,53H,3,7,17H2,1-2H3. The molecule has 0 radical (unpaired) electrons. The van der Waals surface area contributed by atoms with Crippen LogP contribution in [0.4, 0.5) is 28.4 Å². The molecular weight excluding hydrogens is 769 g/mol. The van der Waals surface area contributed by atoms with Gasteiger partial charge in [0.15, 0.2) is 0 Å². The second kappa shape index (κ2) is 13.1. The van der Waals surface area contributed by atoms with Gasteiger partial charge in [0, 0.05) is 60.2 Å². The molecule has 6 aliphatic rings. The molecule has 3 aliphatic heterocycles. The van der Waals surface area contributed by atoms with Crippen molar-refractivity contribution in [2.45, 2.75) is 66.7 Å². The summed E-state index contributed by atoms with van der Waals surface area (Å²) in [4.78, 5) is 7.93. The summed E-state index contributed by atoms with van der Waals surface area (Å²) in [7, 11) is 0. The number of thioether (sulfide) groups is 1. The zero-order chi connectivity index (χ0) is 39.7. The summed E-state index contributed by atoms with van der Waals surface area (Å²) in [5.41, 5.74) is 15.9. The van der Waals surface area contributed by atoms with E-state index in [-0.39, 0.29) is 23.5 Å². The molecule has 5 heteroatoms. The lowest BCUT2D eigenvalue weighted by Gasteiger charge is -2.30. The number of allylic oxidation sites excluding steroid dienone is 4. The molecule has 0 fully saturated rings. The molecule has 0 N–H and O–H groups in total. The first-order valence-electron chi connectivity index (χ1n) is 21.6. The third kappa shape index (κ3) is 5.03. The molecule has 0 spiro atoms. The molecule has 6 aromatic carbocycles. The largest absolute Gasteiger partial charge is 0.485 e. The smallest absolute Gasteiger partial charge is 0.128 e. The van der Waals surface area contributed by atoms with Crippen molar-refractivity contribution < 1.29 is 4.74 Å². The molecule has 4 heterocycles. The second-order valence-electron chi connectivity index (χ2n) is 17.8. The first-order valence-corrected chi connectivity index (χ1v) is 23.3. The summed E-state index contributed by atoms with van der Waals surface area (Å²) in [6, 6.07) is 50.7. The van der Waals surface area contributed by atoms with Gasteiger partial charge in [-0.3, -0.25) is 0 Å². The van der Waals surface area contributed by atoms with Crippen LogP contribution < -0.4 is 14.5 Å². The van der Waals surface area contributed by atoms with Gasteiger partial charge in [-0.05, 0) is 125 Å². The molecule has 60 heavy (non-hydrogen) atoms. The van der Waals surface area contributed by atoms with Crippen LogP contribution in [-0.2, 0) is 5.41 Å². The molecule has 0 bridgehead atoms. The topological polar surface area (TPSA) is 15.7 Å². The third-order valence-corrected chi connectivity index (χ3v) is 17.1. The van der Waals surface area contributed by atoms with E-state index < -0.39 is 0 Å². The van der Waals surface area contributed by atoms with E-state index in [1.807, 2.05) is 23.1 Å². The second-order valence-corrected chi connectivity index (χ2v) is 20.1. The van der Waals surface area contributed by atoms with Gasteiger partial charge in [0.1, 0.15) is 11.9 Å². The number of anilines is 5. The Labute approximate surface area is 360 Å². The van der Waals surface area contributed by atoms with Gasteiger partial charge in [-0.2, -0.15) is 0 Å². The van der Waals surface area contributed by atoms with Gasteiger partial charge >= 0.3 is 0 Å². The monoisotopic (exact) mass is 812 g/mol. The highest BCUT2D eigenvalue weighted by Crippen LogP contribution is 2.67. The summed E-state index contributed by atoms with van der Waals surface area (Å²) in [5.74, 6) is 1.81. The normalized spacial score (nSPS) is 23.3. The van der Waals surface area contributed by atoms with Gasteiger partial charge in [-0.25, -0.2) is 0 Å². The van der Waals surface area contributed by atoms with Gasteiger partial charge in [0.05, 0.1) is 17.0 Å². The average molecular weight is 813 g/mol. The molecule has 5 atom stereocenters. The Morgan fingerprint density at radius 3 is 2.42 bits per heavy atom. The van der Waals surface area contributed by atoms with E-state index in [9.17, 15) is 0 Å². The zero-order valence-electron chi connectivity index (χ0n) is 33.7. The highest BCUT2D eigenvalue weighted by molar-refractivity contribution is 8.00. The molecule has 0 saturated heterocycles. The van der Waals surface area contributed by atoms with Crippen LogP contribution in [-0.4, -0.2) is 6.10 Å². The van der Waals surface area contributed by atoms with Crippen LogP contribution >= 0.6 is 23.1 Å². The fourth-order valence-corrected chi connectivity index (χ4v) is 14.4. The molecule has 7 aromatic rings. The molecule has 3 nitrogen and oxygen atoms in total. The highest BCUT2D eigenvalue weighted by atomic mass is 32.2. The maximum atomic E-state index is 6.59. The van der Waals surface area contributed by atoms with Crippen molar-refractivity contribution in [2.24, 2.45) is 5.92 Å². The molecular formula is C55H44N2OS2. The minimum absolute atomic E-state index is 0.0463. The molecule has 5 unspecified atom stereocenters. The van der Waals surface area contributed by atoms with Crippen molar-refractivity contribution in [3.8, 4) is 16.9 Å². The Hall–Kier alpha value is -5.75. The van der Waals surface area contributed by atoms with Crippen LogP contribution in [0.25, 0.3) is 26.8 Å². The van der Waals surface area contributed by atoms with E-state index >= 15 is 0 Å². The van der Waals surface area contributed by atoms with Crippen LogP contribution in [0.15, 0.2) is 169 Å². The lowest BCUT2D eigenvalue weighted by atomic mass is 9.73. The Morgan fingerprint density at radius 1 is 0.750 bits per heavy atom. The molecule has 3 aliphatic carbocycles.